The molecule has 5 N–H and O–H groups in total. The second-order valence-electron chi connectivity index (χ2n) is 9.63. The highest BCUT2D eigenvalue weighted by Gasteiger charge is 2.40. The highest BCUT2D eigenvalue weighted by atomic mass is 16.5. The molecular weight excluding hydrogens is 534 g/mol. The van der Waals surface area contributed by atoms with E-state index in [2.05, 4.69) is 33.5 Å². The van der Waals surface area contributed by atoms with Crippen molar-refractivity contribution in [3.8, 4) is 17.5 Å². The summed E-state index contributed by atoms with van der Waals surface area (Å²) < 4.78 is 11.1. The minimum absolute atomic E-state index is 0.0195. The van der Waals surface area contributed by atoms with Gasteiger partial charge in [0.1, 0.15) is 11.5 Å². The van der Waals surface area contributed by atoms with Gasteiger partial charge in [0, 0.05) is 24.5 Å². The molecular formula is C29H33N3O9. The maximum atomic E-state index is 10.3. The van der Waals surface area contributed by atoms with Gasteiger partial charge in [-0.25, -0.2) is 14.8 Å². The number of benzene rings is 2. The quantitative estimate of drug-likeness (QED) is 0.214. The van der Waals surface area contributed by atoms with Crippen molar-refractivity contribution in [2.45, 2.75) is 56.2 Å². The zero-order valence-electron chi connectivity index (χ0n) is 22.5. The first kappa shape index (κ1) is 31.0. The number of nitrogens with one attached hydrogen (secondary N) is 1. The maximum absolute atomic E-state index is 10.3. The zero-order chi connectivity index (χ0) is 29.9. The van der Waals surface area contributed by atoms with E-state index in [9.17, 15) is 14.4 Å². The lowest BCUT2D eigenvalue weighted by Gasteiger charge is -2.31. The van der Waals surface area contributed by atoms with Crippen LogP contribution in [-0.2, 0) is 26.5 Å². The van der Waals surface area contributed by atoms with Gasteiger partial charge in [0.15, 0.2) is 5.60 Å². The van der Waals surface area contributed by atoms with Crippen molar-refractivity contribution in [3.05, 3.63) is 78.1 Å². The van der Waals surface area contributed by atoms with E-state index in [-0.39, 0.29) is 5.54 Å². The van der Waals surface area contributed by atoms with E-state index >= 15 is 0 Å². The molecule has 12 heteroatoms. The summed E-state index contributed by atoms with van der Waals surface area (Å²) in [6, 6.07) is 18.7. The normalized spacial score (nSPS) is 13.9. The molecule has 41 heavy (non-hydrogen) atoms. The van der Waals surface area contributed by atoms with Crippen LogP contribution in [0.1, 0.15) is 49.7 Å². The van der Waals surface area contributed by atoms with Crippen LogP contribution < -0.4 is 14.8 Å². The average Bonchev–Trinajstić information content (AvgIpc) is 3.42. The Kier molecular flexibility index (Phi) is 10.7. The van der Waals surface area contributed by atoms with Crippen molar-refractivity contribution >= 4 is 17.9 Å². The van der Waals surface area contributed by atoms with Gasteiger partial charge in [0.05, 0.1) is 20.0 Å². The van der Waals surface area contributed by atoms with Crippen molar-refractivity contribution in [2.24, 2.45) is 0 Å². The third-order valence-electron chi connectivity index (χ3n) is 6.67. The summed E-state index contributed by atoms with van der Waals surface area (Å²) in [6.45, 7) is 0.777. The highest BCUT2D eigenvalue weighted by Crippen LogP contribution is 2.39. The summed E-state index contributed by atoms with van der Waals surface area (Å²) >= 11 is 0. The van der Waals surface area contributed by atoms with Crippen LogP contribution in [0.5, 0.6) is 17.5 Å². The van der Waals surface area contributed by atoms with E-state index in [1.54, 1.807) is 25.6 Å². The summed E-state index contributed by atoms with van der Waals surface area (Å²) in [5.41, 5.74) is -0.215. The number of aliphatic hydroxyl groups is 1. The lowest BCUT2D eigenvalue weighted by molar-refractivity contribution is -0.170. The van der Waals surface area contributed by atoms with Crippen molar-refractivity contribution < 1.29 is 44.3 Å². The molecule has 1 saturated carbocycles. The minimum atomic E-state index is -2.74. The molecule has 0 amide bonds. The second kappa shape index (κ2) is 14.2. The van der Waals surface area contributed by atoms with E-state index in [4.69, 9.17) is 29.9 Å². The number of hydrogen-bond acceptors (Lipinski definition) is 9. The van der Waals surface area contributed by atoms with E-state index in [1.165, 1.54) is 24.0 Å². The van der Waals surface area contributed by atoms with Gasteiger partial charge in [-0.2, -0.15) is 0 Å². The van der Waals surface area contributed by atoms with Gasteiger partial charge in [0.25, 0.3) is 0 Å². The first-order valence-electron chi connectivity index (χ1n) is 12.9. The molecule has 0 atom stereocenters. The summed E-state index contributed by atoms with van der Waals surface area (Å²) in [4.78, 5) is 38.7. The molecule has 3 aromatic rings. The molecule has 0 saturated heterocycles. The summed E-state index contributed by atoms with van der Waals surface area (Å²) in [6.07, 6.45) is 5.84. The number of hydrogen-bond donors (Lipinski definition) is 5. The van der Waals surface area contributed by atoms with Gasteiger partial charge in [-0.05, 0) is 54.3 Å². The predicted octanol–water partition coefficient (Wildman–Crippen LogP) is 3.59. The standard InChI is InChI=1S/C23H25N3O2.C6H8O7/c1-27-20-10-8-19(9-11-20)23(12-2-3-13-23)26-17-18-6-4-7-21(16-18)28-22-24-14-5-15-25-22;7-3(8)1-6(13,5(11)12)2-4(9)10/h4-11,14-16,26H,2-3,12-13,17H2,1H3;13H,1-2H2,(H,7,8)(H,9,10)(H,11,12). The number of methoxy groups -OCH3 is 1. The maximum Gasteiger partial charge on any atom is 0.336 e. The second-order valence-corrected chi connectivity index (χ2v) is 9.63. The fourth-order valence-corrected chi connectivity index (χ4v) is 4.60. The first-order valence-corrected chi connectivity index (χ1v) is 12.9. The third kappa shape index (κ3) is 8.98. The summed E-state index contributed by atoms with van der Waals surface area (Å²) in [5, 5.41) is 37.6. The van der Waals surface area contributed by atoms with Gasteiger partial charge in [-0.1, -0.05) is 37.1 Å². The number of aromatic nitrogens is 2. The van der Waals surface area contributed by atoms with E-state index < -0.39 is 36.4 Å². The van der Waals surface area contributed by atoms with Crippen molar-refractivity contribution in [3.63, 3.8) is 0 Å². The molecule has 218 valence electrons. The number of carboxylic acids is 3. The summed E-state index contributed by atoms with van der Waals surface area (Å²) in [5.74, 6) is -3.38. The number of nitrogens with zero attached hydrogens (tertiary/aromatic N) is 2. The van der Waals surface area contributed by atoms with Crippen LogP contribution in [0.3, 0.4) is 0 Å². The van der Waals surface area contributed by atoms with Crippen molar-refractivity contribution in [1.82, 2.24) is 15.3 Å². The SMILES string of the molecule is COc1ccc(C2(NCc3cccc(Oc4ncccn4)c3)CCCC2)cc1.O=C(O)CC(O)(CC(=O)O)C(=O)O. The predicted molar refractivity (Wildman–Crippen MR) is 146 cm³/mol. The molecule has 0 radical (unpaired) electrons. The molecule has 1 aliphatic carbocycles. The van der Waals surface area contributed by atoms with Crippen LogP contribution in [0.25, 0.3) is 0 Å². The van der Waals surface area contributed by atoms with Crippen LogP contribution >= 0.6 is 0 Å². The van der Waals surface area contributed by atoms with Gasteiger partial charge in [0.2, 0.25) is 0 Å². The molecule has 1 heterocycles. The molecule has 0 aliphatic heterocycles. The molecule has 0 bridgehead atoms. The van der Waals surface area contributed by atoms with E-state index in [1.807, 2.05) is 30.3 Å². The molecule has 1 aromatic heterocycles. The molecule has 2 aromatic carbocycles. The zero-order valence-corrected chi connectivity index (χ0v) is 22.5. The number of carbonyl (C=O) groups is 3. The van der Waals surface area contributed by atoms with Gasteiger partial charge < -0.3 is 35.2 Å². The molecule has 12 nitrogen and oxygen atoms in total. The van der Waals surface area contributed by atoms with Crippen LogP contribution in [0.15, 0.2) is 67.0 Å². The topological polar surface area (TPSA) is 188 Å². The fourth-order valence-electron chi connectivity index (χ4n) is 4.60. The third-order valence-corrected chi connectivity index (χ3v) is 6.67. The Labute approximate surface area is 236 Å². The van der Waals surface area contributed by atoms with Crippen molar-refractivity contribution in [2.75, 3.05) is 7.11 Å². The molecule has 0 spiro atoms. The monoisotopic (exact) mass is 567 g/mol. The Morgan fingerprint density at radius 1 is 0.902 bits per heavy atom. The Hall–Kier alpha value is -4.55. The first-order chi connectivity index (χ1) is 19.5. The summed E-state index contributed by atoms with van der Waals surface area (Å²) in [7, 11) is 1.70. The van der Waals surface area contributed by atoms with Gasteiger partial charge >= 0.3 is 23.9 Å². The number of ether oxygens (including phenoxy) is 2. The van der Waals surface area contributed by atoms with Crippen LogP contribution in [-0.4, -0.2) is 61.0 Å². The Morgan fingerprint density at radius 2 is 1.51 bits per heavy atom. The molecule has 1 aliphatic rings. The average molecular weight is 568 g/mol. The van der Waals surface area contributed by atoms with Crippen LogP contribution in [0.4, 0.5) is 0 Å². The number of aliphatic carboxylic acids is 3. The number of carboxylic acid groups (broad SMARTS) is 3. The van der Waals surface area contributed by atoms with Crippen LogP contribution in [0, 0.1) is 0 Å². The molecule has 1 fully saturated rings. The molecule has 0 unspecified atom stereocenters. The lowest BCUT2D eigenvalue weighted by Crippen LogP contribution is -2.42. The Balaban J connectivity index is 0.000000302. The smallest absolute Gasteiger partial charge is 0.336 e. The van der Waals surface area contributed by atoms with Gasteiger partial charge in [-0.3, -0.25) is 9.59 Å². The van der Waals surface area contributed by atoms with Gasteiger partial charge in [-0.15, -0.1) is 0 Å². The number of rotatable bonds is 12. The van der Waals surface area contributed by atoms with E-state index in [0.717, 1.165) is 30.9 Å². The Morgan fingerprint density at radius 3 is 2.05 bits per heavy atom. The van der Waals surface area contributed by atoms with E-state index in [0.29, 0.717) is 6.01 Å². The Bertz CT molecular complexity index is 1290. The van der Waals surface area contributed by atoms with Crippen LogP contribution in [0.2, 0.25) is 0 Å². The highest BCUT2D eigenvalue weighted by molar-refractivity contribution is 5.88. The molecule has 4 rings (SSSR count). The van der Waals surface area contributed by atoms with Crippen molar-refractivity contribution in [1.29, 1.82) is 0 Å². The largest absolute Gasteiger partial charge is 0.497 e. The minimum Gasteiger partial charge on any atom is -0.497 e. The fraction of sp³-hybridized carbons (Fsp3) is 0.345. The lowest BCUT2D eigenvalue weighted by atomic mass is 9.88.